The van der Waals surface area contributed by atoms with Gasteiger partial charge in [0.15, 0.2) is 0 Å². The van der Waals surface area contributed by atoms with E-state index in [2.05, 4.69) is 5.32 Å². The number of nitrogens with two attached hydrogens (primary N) is 1. The molecular weight excluding hydrogens is 305 g/mol. The van der Waals surface area contributed by atoms with Crippen molar-refractivity contribution in [2.45, 2.75) is 25.1 Å². The molecule has 1 amide bonds. The Hall–Kier alpha value is -2.37. The van der Waals surface area contributed by atoms with Crippen LogP contribution in [-0.2, 0) is 19.2 Å². The SMILES string of the molecule is N[C@@H](CCC(=O)NCC(=O)O)C(=O)O.O=C(O)C(F)(F)F. The van der Waals surface area contributed by atoms with Crippen molar-refractivity contribution in [2.75, 3.05) is 6.54 Å². The fourth-order valence-electron chi connectivity index (χ4n) is 0.673. The summed E-state index contributed by atoms with van der Waals surface area (Å²) in [7, 11) is 0. The van der Waals surface area contributed by atoms with E-state index in [0.717, 1.165) is 0 Å². The fourth-order valence-corrected chi connectivity index (χ4v) is 0.673. The first-order chi connectivity index (χ1) is 9.37. The summed E-state index contributed by atoms with van der Waals surface area (Å²) >= 11 is 0. The van der Waals surface area contributed by atoms with Crippen LogP contribution >= 0.6 is 0 Å². The monoisotopic (exact) mass is 318 g/mol. The number of aliphatic carboxylic acids is 3. The topological polar surface area (TPSA) is 167 Å². The Kier molecular flexibility index (Phi) is 9.49. The molecule has 0 aromatic rings. The first-order valence-electron chi connectivity index (χ1n) is 5.15. The summed E-state index contributed by atoms with van der Waals surface area (Å²) in [6, 6.07) is -1.09. The highest BCUT2D eigenvalue weighted by molar-refractivity contribution is 5.82. The number of hydrogen-bond acceptors (Lipinski definition) is 5. The lowest BCUT2D eigenvalue weighted by molar-refractivity contribution is -0.192. The van der Waals surface area contributed by atoms with E-state index in [9.17, 15) is 27.6 Å². The largest absolute Gasteiger partial charge is 0.490 e. The summed E-state index contributed by atoms with van der Waals surface area (Å²) in [5.41, 5.74) is 5.12. The number of carboxylic acids is 3. The van der Waals surface area contributed by atoms with E-state index in [1.165, 1.54) is 0 Å². The minimum Gasteiger partial charge on any atom is -0.480 e. The normalized spacial score (nSPS) is 11.6. The van der Waals surface area contributed by atoms with Gasteiger partial charge in [0.2, 0.25) is 5.91 Å². The van der Waals surface area contributed by atoms with Gasteiger partial charge in [-0.25, -0.2) is 4.79 Å². The van der Waals surface area contributed by atoms with Gasteiger partial charge in [-0.05, 0) is 6.42 Å². The maximum atomic E-state index is 10.9. The average Bonchev–Trinajstić information content (AvgIpc) is 2.32. The van der Waals surface area contributed by atoms with Crippen LogP contribution < -0.4 is 11.1 Å². The minimum atomic E-state index is -5.08. The molecule has 0 aliphatic rings. The Bertz CT molecular complexity index is 397. The molecule has 9 nitrogen and oxygen atoms in total. The van der Waals surface area contributed by atoms with Gasteiger partial charge in [0.25, 0.3) is 0 Å². The first kappa shape index (κ1) is 20.9. The molecule has 0 aliphatic heterocycles. The van der Waals surface area contributed by atoms with E-state index in [1.807, 2.05) is 0 Å². The molecule has 0 bridgehead atoms. The number of nitrogens with one attached hydrogen (secondary N) is 1. The van der Waals surface area contributed by atoms with Crippen LogP contribution in [0.5, 0.6) is 0 Å². The number of carbonyl (C=O) groups is 4. The van der Waals surface area contributed by atoms with Crippen molar-refractivity contribution in [3.05, 3.63) is 0 Å². The van der Waals surface area contributed by atoms with Gasteiger partial charge in [-0.3, -0.25) is 14.4 Å². The number of hydrogen-bond donors (Lipinski definition) is 5. The molecule has 0 spiro atoms. The minimum absolute atomic E-state index is 0.0131. The number of alkyl halides is 3. The van der Waals surface area contributed by atoms with Crippen LogP contribution in [0.3, 0.4) is 0 Å². The van der Waals surface area contributed by atoms with E-state index in [-0.39, 0.29) is 12.8 Å². The summed E-state index contributed by atoms with van der Waals surface area (Å²) in [5, 5.41) is 25.8. The zero-order valence-electron chi connectivity index (χ0n) is 10.4. The van der Waals surface area contributed by atoms with Crippen molar-refractivity contribution in [2.24, 2.45) is 5.73 Å². The Labute approximate surface area is 115 Å². The third kappa shape index (κ3) is 13.9. The molecule has 0 rings (SSSR count). The Morgan fingerprint density at radius 2 is 1.52 bits per heavy atom. The highest BCUT2D eigenvalue weighted by Gasteiger charge is 2.38. The second-order valence-electron chi connectivity index (χ2n) is 3.46. The molecular formula is C9H13F3N2O7. The van der Waals surface area contributed by atoms with Crippen LogP contribution in [0.15, 0.2) is 0 Å². The number of carbonyl (C=O) groups excluding carboxylic acids is 1. The van der Waals surface area contributed by atoms with Crippen LogP contribution in [0.25, 0.3) is 0 Å². The van der Waals surface area contributed by atoms with Gasteiger partial charge in [-0.15, -0.1) is 0 Å². The zero-order chi connectivity index (χ0) is 17.2. The number of rotatable bonds is 6. The maximum Gasteiger partial charge on any atom is 0.490 e. The number of amides is 1. The van der Waals surface area contributed by atoms with Gasteiger partial charge < -0.3 is 26.4 Å². The van der Waals surface area contributed by atoms with E-state index >= 15 is 0 Å². The number of halogens is 3. The molecule has 0 fully saturated rings. The van der Waals surface area contributed by atoms with Crippen LogP contribution in [0.1, 0.15) is 12.8 Å². The van der Waals surface area contributed by atoms with Gasteiger partial charge in [-0.1, -0.05) is 0 Å². The lowest BCUT2D eigenvalue weighted by Crippen LogP contribution is -2.34. The lowest BCUT2D eigenvalue weighted by Gasteiger charge is -2.05. The molecule has 12 heteroatoms. The molecule has 0 aromatic heterocycles. The molecule has 0 aliphatic carbocycles. The summed E-state index contributed by atoms with van der Waals surface area (Å²) in [4.78, 5) is 40.0. The van der Waals surface area contributed by atoms with Crippen molar-refractivity contribution < 1.29 is 47.7 Å². The van der Waals surface area contributed by atoms with Gasteiger partial charge >= 0.3 is 24.1 Å². The van der Waals surface area contributed by atoms with E-state index in [4.69, 9.17) is 25.8 Å². The molecule has 0 unspecified atom stereocenters. The lowest BCUT2D eigenvalue weighted by atomic mass is 10.1. The van der Waals surface area contributed by atoms with Crippen LogP contribution in [0.4, 0.5) is 13.2 Å². The Morgan fingerprint density at radius 3 is 1.81 bits per heavy atom. The molecule has 6 N–H and O–H groups in total. The second-order valence-corrected chi connectivity index (χ2v) is 3.46. The van der Waals surface area contributed by atoms with Crippen molar-refractivity contribution in [1.82, 2.24) is 5.32 Å². The van der Waals surface area contributed by atoms with E-state index in [0.29, 0.717) is 0 Å². The van der Waals surface area contributed by atoms with Crippen molar-refractivity contribution >= 4 is 23.8 Å². The summed E-state index contributed by atoms with van der Waals surface area (Å²) in [6.07, 6.45) is -5.19. The molecule has 0 saturated heterocycles. The molecule has 0 aromatic carbocycles. The highest BCUT2D eigenvalue weighted by atomic mass is 19.4. The Morgan fingerprint density at radius 1 is 1.10 bits per heavy atom. The predicted molar refractivity (Wildman–Crippen MR) is 59.2 cm³/mol. The molecule has 0 saturated carbocycles. The quantitative estimate of drug-likeness (QED) is 0.416. The molecule has 21 heavy (non-hydrogen) atoms. The standard InChI is InChI=1S/C7H12N2O5.C2HF3O2/c8-4(7(13)14)1-2-5(10)9-3-6(11)12;3-2(4,5)1(6)7/h4H,1-3,8H2,(H,9,10)(H,11,12)(H,13,14);(H,6,7)/t4-;/m0./s1. The summed E-state index contributed by atoms with van der Waals surface area (Å²) < 4.78 is 31.7. The molecule has 1 atom stereocenters. The van der Waals surface area contributed by atoms with Gasteiger partial charge in [0.1, 0.15) is 12.6 Å². The Balaban J connectivity index is 0. The van der Waals surface area contributed by atoms with E-state index < -0.39 is 42.6 Å². The van der Waals surface area contributed by atoms with Crippen molar-refractivity contribution in [3.63, 3.8) is 0 Å². The molecule has 0 heterocycles. The maximum absolute atomic E-state index is 10.9. The fraction of sp³-hybridized carbons (Fsp3) is 0.556. The van der Waals surface area contributed by atoms with Gasteiger partial charge in [0, 0.05) is 6.42 Å². The summed E-state index contributed by atoms with van der Waals surface area (Å²) in [5.74, 6) is -5.62. The first-order valence-corrected chi connectivity index (χ1v) is 5.15. The van der Waals surface area contributed by atoms with Crippen LogP contribution in [-0.4, -0.2) is 57.9 Å². The number of carboxylic acid groups (broad SMARTS) is 3. The third-order valence-corrected chi connectivity index (χ3v) is 1.68. The molecule has 0 radical (unpaired) electrons. The van der Waals surface area contributed by atoms with Crippen molar-refractivity contribution in [3.8, 4) is 0 Å². The predicted octanol–water partition coefficient (Wildman–Crippen LogP) is -0.987. The van der Waals surface area contributed by atoms with Crippen molar-refractivity contribution in [1.29, 1.82) is 0 Å². The van der Waals surface area contributed by atoms with Crippen LogP contribution in [0.2, 0.25) is 0 Å². The van der Waals surface area contributed by atoms with E-state index in [1.54, 1.807) is 0 Å². The van der Waals surface area contributed by atoms with Gasteiger partial charge in [-0.2, -0.15) is 13.2 Å². The van der Waals surface area contributed by atoms with Gasteiger partial charge in [0.05, 0.1) is 0 Å². The third-order valence-electron chi connectivity index (χ3n) is 1.68. The second kappa shape index (κ2) is 9.52. The molecule has 122 valence electrons. The zero-order valence-corrected chi connectivity index (χ0v) is 10.4. The smallest absolute Gasteiger partial charge is 0.480 e. The highest BCUT2D eigenvalue weighted by Crippen LogP contribution is 2.13. The van der Waals surface area contributed by atoms with Crippen LogP contribution in [0, 0.1) is 0 Å². The summed E-state index contributed by atoms with van der Waals surface area (Å²) in [6.45, 7) is -0.471. The average molecular weight is 318 g/mol.